The molecule has 5 atom stereocenters. The number of carbonyl (C=O) groups is 1. The molecular formula is C22H27NO6. The first-order valence-corrected chi connectivity index (χ1v) is 9.61. The van der Waals surface area contributed by atoms with Crippen LogP contribution in [0.3, 0.4) is 0 Å². The average molecular weight is 401 g/mol. The molecule has 1 fully saturated rings. The highest BCUT2D eigenvalue weighted by molar-refractivity contribution is 5.73. The van der Waals surface area contributed by atoms with Crippen molar-refractivity contribution in [2.24, 2.45) is 0 Å². The summed E-state index contributed by atoms with van der Waals surface area (Å²) in [6, 6.07) is 18.3. The van der Waals surface area contributed by atoms with Crippen LogP contribution in [0.2, 0.25) is 0 Å². The van der Waals surface area contributed by atoms with E-state index >= 15 is 0 Å². The lowest BCUT2D eigenvalue weighted by Crippen LogP contribution is -2.65. The van der Waals surface area contributed by atoms with Crippen molar-refractivity contribution in [1.82, 2.24) is 5.32 Å². The van der Waals surface area contributed by atoms with Gasteiger partial charge in [0.1, 0.15) is 24.4 Å². The van der Waals surface area contributed by atoms with Gasteiger partial charge in [0.15, 0.2) is 6.29 Å². The Balaban J connectivity index is 1.80. The van der Waals surface area contributed by atoms with Gasteiger partial charge >= 0.3 is 0 Å². The minimum atomic E-state index is -1.33. The lowest BCUT2D eigenvalue weighted by atomic mass is 9.96. The molecule has 7 heteroatoms. The molecule has 3 N–H and O–H groups in total. The minimum absolute atomic E-state index is 0.262. The fraction of sp³-hybridized carbons (Fsp3) is 0.409. The second-order valence-electron chi connectivity index (χ2n) is 7.00. The summed E-state index contributed by atoms with van der Waals surface area (Å²) in [7, 11) is 0. The van der Waals surface area contributed by atoms with Gasteiger partial charge in [-0.2, -0.15) is 0 Å². The first kappa shape index (κ1) is 21.4. The molecule has 0 bridgehead atoms. The zero-order valence-corrected chi connectivity index (χ0v) is 16.3. The van der Waals surface area contributed by atoms with E-state index in [2.05, 4.69) is 5.32 Å². The first-order chi connectivity index (χ1) is 14.1. The summed E-state index contributed by atoms with van der Waals surface area (Å²) in [5.41, 5.74) is 1.89. The molecule has 3 rings (SSSR count). The van der Waals surface area contributed by atoms with Crippen molar-refractivity contribution in [2.75, 3.05) is 6.61 Å². The fourth-order valence-electron chi connectivity index (χ4n) is 3.39. The molecular weight excluding hydrogens is 374 g/mol. The molecule has 1 aliphatic rings. The monoisotopic (exact) mass is 401 g/mol. The van der Waals surface area contributed by atoms with E-state index in [1.165, 1.54) is 6.92 Å². The van der Waals surface area contributed by atoms with E-state index in [0.29, 0.717) is 0 Å². The molecule has 2 aromatic carbocycles. The molecule has 0 saturated carbocycles. The van der Waals surface area contributed by atoms with Crippen LogP contribution in [0.15, 0.2) is 60.7 Å². The largest absolute Gasteiger partial charge is 0.394 e. The number of hydrogen-bond acceptors (Lipinski definition) is 6. The number of nitrogens with one attached hydrogen (secondary N) is 1. The Morgan fingerprint density at radius 3 is 1.97 bits per heavy atom. The van der Waals surface area contributed by atoms with Crippen LogP contribution in [0.1, 0.15) is 18.1 Å². The van der Waals surface area contributed by atoms with E-state index in [1.54, 1.807) is 0 Å². The van der Waals surface area contributed by atoms with Crippen molar-refractivity contribution in [3.63, 3.8) is 0 Å². The number of hydrogen-bond donors (Lipinski definition) is 3. The Hall–Kier alpha value is -2.29. The summed E-state index contributed by atoms with van der Waals surface area (Å²) in [4.78, 5) is 11.7. The Bertz CT molecular complexity index is 756. The van der Waals surface area contributed by atoms with Crippen LogP contribution >= 0.6 is 0 Å². The maximum absolute atomic E-state index is 11.7. The summed E-state index contributed by atoms with van der Waals surface area (Å²) >= 11 is 0. The molecule has 2 unspecified atom stereocenters. The van der Waals surface area contributed by atoms with E-state index in [-0.39, 0.29) is 25.7 Å². The lowest BCUT2D eigenvalue weighted by Gasteiger charge is -2.44. The van der Waals surface area contributed by atoms with Crippen LogP contribution in [0, 0.1) is 0 Å². The highest BCUT2D eigenvalue weighted by Crippen LogP contribution is 2.27. The molecule has 29 heavy (non-hydrogen) atoms. The Labute approximate surface area is 170 Å². The van der Waals surface area contributed by atoms with Crippen molar-refractivity contribution in [3.05, 3.63) is 71.8 Å². The molecule has 1 amide bonds. The number of rotatable bonds is 8. The van der Waals surface area contributed by atoms with Crippen molar-refractivity contribution in [2.45, 2.75) is 50.8 Å². The van der Waals surface area contributed by atoms with Crippen LogP contribution in [-0.4, -0.2) is 53.4 Å². The van der Waals surface area contributed by atoms with Gasteiger partial charge in [0, 0.05) is 6.92 Å². The Kier molecular flexibility index (Phi) is 7.74. The zero-order chi connectivity index (χ0) is 20.6. The van der Waals surface area contributed by atoms with Crippen molar-refractivity contribution >= 4 is 5.91 Å². The van der Waals surface area contributed by atoms with Gasteiger partial charge in [0.05, 0.1) is 19.8 Å². The Morgan fingerprint density at radius 1 is 0.966 bits per heavy atom. The lowest BCUT2D eigenvalue weighted by molar-refractivity contribution is -0.275. The number of carbonyl (C=O) groups excluding carboxylic acids is 1. The first-order valence-electron chi connectivity index (χ1n) is 9.61. The third-order valence-corrected chi connectivity index (χ3v) is 4.79. The minimum Gasteiger partial charge on any atom is -0.394 e. The number of ether oxygens (including phenoxy) is 3. The van der Waals surface area contributed by atoms with E-state index < -0.39 is 30.6 Å². The van der Waals surface area contributed by atoms with Gasteiger partial charge in [-0.15, -0.1) is 0 Å². The smallest absolute Gasteiger partial charge is 0.217 e. The normalized spacial score (nSPS) is 26.8. The van der Waals surface area contributed by atoms with Gasteiger partial charge in [-0.3, -0.25) is 4.79 Å². The van der Waals surface area contributed by atoms with E-state index in [4.69, 9.17) is 14.2 Å². The highest BCUT2D eigenvalue weighted by Gasteiger charge is 2.47. The molecule has 0 aromatic heterocycles. The van der Waals surface area contributed by atoms with Crippen molar-refractivity contribution in [3.8, 4) is 0 Å². The van der Waals surface area contributed by atoms with Crippen LogP contribution in [0.4, 0.5) is 0 Å². The van der Waals surface area contributed by atoms with E-state index in [1.807, 2.05) is 60.7 Å². The van der Waals surface area contributed by atoms with Gasteiger partial charge in [-0.25, -0.2) is 0 Å². The summed E-state index contributed by atoms with van der Waals surface area (Å²) in [6.45, 7) is 1.55. The third kappa shape index (κ3) is 5.85. The maximum atomic E-state index is 11.7. The van der Waals surface area contributed by atoms with Gasteiger partial charge in [0.25, 0.3) is 0 Å². The highest BCUT2D eigenvalue weighted by atomic mass is 16.6. The molecule has 7 nitrogen and oxygen atoms in total. The third-order valence-electron chi connectivity index (χ3n) is 4.79. The van der Waals surface area contributed by atoms with E-state index in [9.17, 15) is 15.0 Å². The molecule has 1 aliphatic heterocycles. The Morgan fingerprint density at radius 2 is 1.48 bits per heavy atom. The summed E-state index contributed by atoms with van der Waals surface area (Å²) in [5.74, 6) is -0.324. The second kappa shape index (κ2) is 10.5. The molecule has 1 saturated heterocycles. The molecule has 0 aliphatic carbocycles. The van der Waals surface area contributed by atoms with Crippen LogP contribution < -0.4 is 5.32 Å². The quantitative estimate of drug-likeness (QED) is 0.618. The molecule has 0 spiro atoms. The average Bonchev–Trinajstić information content (AvgIpc) is 2.74. The zero-order valence-electron chi connectivity index (χ0n) is 16.3. The second-order valence-corrected chi connectivity index (χ2v) is 7.00. The maximum Gasteiger partial charge on any atom is 0.217 e. The number of amides is 1. The fourth-order valence-corrected chi connectivity index (χ4v) is 3.39. The number of benzene rings is 2. The summed E-state index contributed by atoms with van der Waals surface area (Å²) < 4.78 is 17.7. The van der Waals surface area contributed by atoms with Gasteiger partial charge in [-0.05, 0) is 11.1 Å². The molecule has 1 heterocycles. The van der Waals surface area contributed by atoms with Gasteiger partial charge < -0.3 is 29.7 Å². The van der Waals surface area contributed by atoms with Crippen LogP contribution in [-0.2, 0) is 32.2 Å². The summed E-state index contributed by atoms with van der Waals surface area (Å²) in [6.07, 6.45) is -3.53. The summed E-state index contributed by atoms with van der Waals surface area (Å²) in [5, 5.41) is 22.9. The molecule has 0 radical (unpaired) electrons. The predicted molar refractivity (Wildman–Crippen MR) is 106 cm³/mol. The topological polar surface area (TPSA) is 97.3 Å². The molecule has 156 valence electrons. The SMILES string of the molecule is CC(=O)NC1[C@H](O)OC(CO)[C@H](OCc2ccccc2)[C@@H]1OCc1ccccc1. The predicted octanol–water partition coefficient (Wildman–Crippen LogP) is 1.37. The van der Waals surface area contributed by atoms with Crippen molar-refractivity contribution < 1.29 is 29.2 Å². The van der Waals surface area contributed by atoms with Gasteiger partial charge in [-0.1, -0.05) is 60.7 Å². The van der Waals surface area contributed by atoms with Gasteiger partial charge in [0.2, 0.25) is 5.91 Å². The van der Waals surface area contributed by atoms with Crippen LogP contribution in [0.5, 0.6) is 0 Å². The number of aliphatic hydroxyl groups is 2. The van der Waals surface area contributed by atoms with E-state index in [0.717, 1.165) is 11.1 Å². The molecule has 2 aromatic rings. The number of aliphatic hydroxyl groups excluding tert-OH is 2. The van der Waals surface area contributed by atoms with Crippen molar-refractivity contribution in [1.29, 1.82) is 0 Å². The van der Waals surface area contributed by atoms with Crippen LogP contribution in [0.25, 0.3) is 0 Å². The standard InChI is InChI=1S/C22H27NO6/c1-15(25)23-19-21(28-14-17-10-6-3-7-11-17)20(18(12-24)29-22(19)26)27-13-16-8-4-2-5-9-16/h2-11,18-22,24,26H,12-14H2,1H3,(H,23,25)/t18?,19?,20-,21+,22+/m0/s1.